The lowest BCUT2D eigenvalue weighted by atomic mass is 10.1. The molecule has 0 saturated carbocycles. The number of aryl methyl sites for hydroxylation is 1. The number of benzene rings is 1. The summed E-state index contributed by atoms with van der Waals surface area (Å²) in [6, 6.07) is 3.16. The van der Waals surface area contributed by atoms with Gasteiger partial charge in [-0.15, -0.1) is 0 Å². The molecule has 2 rings (SSSR count). The second kappa shape index (κ2) is 5.77. The molecule has 5 nitrogen and oxygen atoms in total. The van der Waals surface area contributed by atoms with Crippen molar-refractivity contribution in [1.29, 1.82) is 0 Å². The molecule has 112 valence electrons. The van der Waals surface area contributed by atoms with E-state index < -0.39 is 17.7 Å². The Balaban J connectivity index is 2.53. The van der Waals surface area contributed by atoms with E-state index in [1.165, 1.54) is 13.2 Å². The fourth-order valence-electron chi connectivity index (χ4n) is 1.94. The van der Waals surface area contributed by atoms with Crippen molar-refractivity contribution in [2.45, 2.75) is 26.9 Å². The van der Waals surface area contributed by atoms with Crippen molar-refractivity contribution in [1.82, 2.24) is 0 Å². The molecule has 0 spiro atoms. The van der Waals surface area contributed by atoms with E-state index in [1.807, 2.05) is 6.92 Å². The summed E-state index contributed by atoms with van der Waals surface area (Å²) in [6.07, 6.45) is -0.816. The molecular weight excluding hydrogens is 296 g/mol. The van der Waals surface area contributed by atoms with Crippen molar-refractivity contribution in [2.75, 3.05) is 7.11 Å². The molecule has 0 amide bonds. The summed E-state index contributed by atoms with van der Waals surface area (Å²) in [5, 5.41) is 1.06. The number of halogens is 1. The second-order valence-electron chi connectivity index (χ2n) is 4.70. The Bertz CT molecular complexity index is 763. The van der Waals surface area contributed by atoms with E-state index in [2.05, 4.69) is 4.74 Å². The molecule has 0 aliphatic carbocycles. The van der Waals surface area contributed by atoms with Crippen LogP contribution in [0.5, 0.6) is 5.75 Å². The van der Waals surface area contributed by atoms with Gasteiger partial charge in [0.2, 0.25) is 0 Å². The molecule has 0 unspecified atom stereocenters. The van der Waals surface area contributed by atoms with Gasteiger partial charge in [-0.25, -0.2) is 9.59 Å². The molecule has 1 atom stereocenters. The average Bonchev–Trinajstić information content (AvgIpc) is 2.46. The number of esters is 1. The van der Waals surface area contributed by atoms with Gasteiger partial charge in [-0.1, -0.05) is 11.6 Å². The van der Waals surface area contributed by atoms with Crippen LogP contribution in [0.25, 0.3) is 11.0 Å². The summed E-state index contributed by atoms with van der Waals surface area (Å²) in [4.78, 5) is 23.1. The van der Waals surface area contributed by atoms with Crippen LogP contribution in [0.4, 0.5) is 0 Å². The molecule has 6 heteroatoms. The minimum absolute atomic E-state index is 0.258. The van der Waals surface area contributed by atoms with E-state index in [-0.39, 0.29) is 5.75 Å². The molecule has 21 heavy (non-hydrogen) atoms. The summed E-state index contributed by atoms with van der Waals surface area (Å²) in [6.45, 7) is 5.06. The van der Waals surface area contributed by atoms with Crippen molar-refractivity contribution in [3.8, 4) is 5.75 Å². The lowest BCUT2D eigenvalue weighted by Gasteiger charge is -2.14. The number of carbonyl (C=O) groups excluding carboxylic acids is 1. The van der Waals surface area contributed by atoms with Crippen LogP contribution in [-0.2, 0) is 9.53 Å². The number of hydrogen-bond donors (Lipinski definition) is 0. The van der Waals surface area contributed by atoms with Gasteiger partial charge in [0.15, 0.2) is 6.10 Å². The smallest absolute Gasteiger partial charge is 0.346 e. The predicted octanol–water partition coefficient (Wildman–Crippen LogP) is 3.00. The first-order valence-electron chi connectivity index (χ1n) is 6.33. The summed E-state index contributed by atoms with van der Waals surface area (Å²) in [5.74, 6) is -0.263. The molecule has 0 fully saturated rings. The summed E-state index contributed by atoms with van der Waals surface area (Å²) >= 11 is 6.16. The topological polar surface area (TPSA) is 65.7 Å². The van der Waals surface area contributed by atoms with Crippen molar-refractivity contribution in [2.24, 2.45) is 0 Å². The standard InChI is InChI=1S/C15H15ClO5/c1-7-8(2)14(17)21-12-6-13(11(16)5-10(7)12)20-9(3)15(18)19-4/h5-6,9H,1-4H3/t9-/m0/s1. The number of hydrogen-bond acceptors (Lipinski definition) is 5. The number of methoxy groups -OCH3 is 1. The Morgan fingerprint density at radius 3 is 2.57 bits per heavy atom. The maximum Gasteiger partial charge on any atom is 0.346 e. The van der Waals surface area contributed by atoms with Gasteiger partial charge in [0, 0.05) is 17.0 Å². The van der Waals surface area contributed by atoms with E-state index in [9.17, 15) is 9.59 Å². The van der Waals surface area contributed by atoms with Crippen molar-refractivity contribution in [3.05, 3.63) is 38.7 Å². The zero-order valence-electron chi connectivity index (χ0n) is 12.2. The first-order valence-corrected chi connectivity index (χ1v) is 6.71. The number of fused-ring (bicyclic) bond motifs is 1. The SMILES string of the molecule is COC(=O)[C@H](C)Oc1cc2oc(=O)c(C)c(C)c2cc1Cl. The van der Waals surface area contributed by atoms with E-state index in [4.69, 9.17) is 20.8 Å². The van der Waals surface area contributed by atoms with Crippen LogP contribution in [0.2, 0.25) is 5.02 Å². The number of ether oxygens (including phenoxy) is 2. The van der Waals surface area contributed by atoms with Gasteiger partial charge in [-0.3, -0.25) is 0 Å². The first kappa shape index (κ1) is 15.4. The molecule has 0 radical (unpaired) electrons. The van der Waals surface area contributed by atoms with Crippen LogP contribution in [0.3, 0.4) is 0 Å². The van der Waals surface area contributed by atoms with Crippen LogP contribution in [0, 0.1) is 13.8 Å². The molecule has 0 bridgehead atoms. The Morgan fingerprint density at radius 1 is 1.29 bits per heavy atom. The van der Waals surface area contributed by atoms with Gasteiger partial charge in [-0.05, 0) is 32.4 Å². The molecular formula is C15H15ClO5. The highest BCUT2D eigenvalue weighted by Crippen LogP contribution is 2.32. The highest BCUT2D eigenvalue weighted by Gasteiger charge is 2.18. The highest BCUT2D eigenvalue weighted by molar-refractivity contribution is 6.32. The zero-order valence-corrected chi connectivity index (χ0v) is 12.9. The Hall–Kier alpha value is -2.01. The molecule has 0 aliphatic heterocycles. The van der Waals surface area contributed by atoms with Gasteiger partial charge in [0.05, 0.1) is 12.1 Å². The van der Waals surface area contributed by atoms with Crippen LogP contribution < -0.4 is 10.4 Å². The van der Waals surface area contributed by atoms with Crippen molar-refractivity contribution in [3.63, 3.8) is 0 Å². The van der Waals surface area contributed by atoms with Crippen LogP contribution >= 0.6 is 11.6 Å². The monoisotopic (exact) mass is 310 g/mol. The molecule has 1 aromatic heterocycles. The summed E-state index contributed by atoms with van der Waals surface area (Å²) < 4.78 is 15.3. The highest BCUT2D eigenvalue weighted by atomic mass is 35.5. The molecule has 1 aromatic carbocycles. The van der Waals surface area contributed by atoms with E-state index in [0.29, 0.717) is 16.2 Å². The fourth-order valence-corrected chi connectivity index (χ4v) is 2.15. The van der Waals surface area contributed by atoms with Gasteiger partial charge < -0.3 is 13.9 Å². The Kier molecular flexibility index (Phi) is 4.23. The van der Waals surface area contributed by atoms with Gasteiger partial charge in [-0.2, -0.15) is 0 Å². The average molecular weight is 311 g/mol. The van der Waals surface area contributed by atoms with Crippen LogP contribution in [0.1, 0.15) is 18.1 Å². The van der Waals surface area contributed by atoms with Gasteiger partial charge in [0.25, 0.3) is 0 Å². The van der Waals surface area contributed by atoms with E-state index >= 15 is 0 Å². The quantitative estimate of drug-likeness (QED) is 0.644. The van der Waals surface area contributed by atoms with Crippen LogP contribution in [-0.4, -0.2) is 19.2 Å². The molecule has 0 N–H and O–H groups in total. The van der Waals surface area contributed by atoms with E-state index in [1.54, 1.807) is 19.9 Å². The zero-order chi connectivity index (χ0) is 15.7. The van der Waals surface area contributed by atoms with Crippen LogP contribution in [0.15, 0.2) is 21.3 Å². The van der Waals surface area contributed by atoms with Gasteiger partial charge in [0.1, 0.15) is 11.3 Å². The maximum absolute atomic E-state index is 11.7. The molecule has 2 aromatic rings. The predicted molar refractivity (Wildman–Crippen MR) is 79.1 cm³/mol. The summed E-state index contributed by atoms with van der Waals surface area (Å²) in [5.41, 5.74) is 1.29. The van der Waals surface area contributed by atoms with Crippen molar-refractivity contribution < 1.29 is 18.7 Å². The number of carbonyl (C=O) groups is 1. The second-order valence-corrected chi connectivity index (χ2v) is 5.11. The third-order valence-electron chi connectivity index (χ3n) is 3.35. The minimum Gasteiger partial charge on any atom is -0.477 e. The number of rotatable bonds is 3. The third kappa shape index (κ3) is 2.88. The van der Waals surface area contributed by atoms with E-state index in [0.717, 1.165) is 10.9 Å². The Labute approximate surface area is 126 Å². The fraction of sp³-hybridized carbons (Fsp3) is 0.333. The molecule has 0 aliphatic rings. The van der Waals surface area contributed by atoms with Gasteiger partial charge >= 0.3 is 11.6 Å². The summed E-state index contributed by atoms with van der Waals surface area (Å²) in [7, 11) is 1.27. The first-order chi connectivity index (χ1) is 9.85. The maximum atomic E-state index is 11.7. The molecule has 1 heterocycles. The minimum atomic E-state index is -0.816. The Morgan fingerprint density at radius 2 is 1.95 bits per heavy atom. The largest absolute Gasteiger partial charge is 0.477 e. The van der Waals surface area contributed by atoms with Crippen molar-refractivity contribution >= 4 is 28.5 Å². The third-order valence-corrected chi connectivity index (χ3v) is 3.64. The normalized spacial score (nSPS) is 12.2. The molecule has 0 saturated heterocycles. The lowest BCUT2D eigenvalue weighted by Crippen LogP contribution is -2.25. The lowest BCUT2D eigenvalue weighted by molar-refractivity contribution is -0.147.